The summed E-state index contributed by atoms with van der Waals surface area (Å²) in [6.07, 6.45) is 4.54. The van der Waals surface area contributed by atoms with Crippen LogP contribution in [0.2, 0.25) is 0 Å². The fraction of sp³-hybridized carbons (Fsp3) is 1.00. The zero-order valence-corrected chi connectivity index (χ0v) is 8.64. The second-order valence-corrected chi connectivity index (χ2v) is 4.54. The molecule has 0 amide bonds. The van der Waals surface area contributed by atoms with Gasteiger partial charge in [0.1, 0.15) is 0 Å². The SMILES string of the molecule is COC1(OC(C)(C)C)CCCC1. The largest absolute Gasteiger partial charge is 0.353 e. The lowest BCUT2D eigenvalue weighted by atomic mass is 10.1. The van der Waals surface area contributed by atoms with Gasteiger partial charge in [-0.1, -0.05) is 0 Å². The highest BCUT2D eigenvalue weighted by atomic mass is 16.7. The molecule has 0 aromatic rings. The number of hydrogen-bond acceptors (Lipinski definition) is 2. The van der Waals surface area contributed by atoms with Crippen molar-refractivity contribution >= 4 is 0 Å². The highest BCUT2D eigenvalue weighted by molar-refractivity contribution is 4.80. The average Bonchev–Trinajstić information content (AvgIpc) is 2.34. The molecule has 1 aliphatic carbocycles. The Hall–Kier alpha value is -0.0800. The topological polar surface area (TPSA) is 18.5 Å². The van der Waals surface area contributed by atoms with E-state index in [-0.39, 0.29) is 11.4 Å². The lowest BCUT2D eigenvalue weighted by molar-refractivity contribution is -0.262. The smallest absolute Gasteiger partial charge is 0.168 e. The Morgan fingerprint density at radius 1 is 1.08 bits per heavy atom. The highest BCUT2D eigenvalue weighted by Gasteiger charge is 2.38. The van der Waals surface area contributed by atoms with Crippen LogP contribution in [0.4, 0.5) is 0 Å². The fourth-order valence-corrected chi connectivity index (χ4v) is 1.82. The van der Waals surface area contributed by atoms with Gasteiger partial charge in [-0.15, -0.1) is 0 Å². The molecule has 0 N–H and O–H groups in total. The van der Waals surface area contributed by atoms with Crippen LogP contribution in [-0.4, -0.2) is 18.5 Å². The normalized spacial score (nSPS) is 23.0. The molecule has 0 radical (unpaired) electrons. The molecule has 2 heteroatoms. The summed E-state index contributed by atoms with van der Waals surface area (Å²) >= 11 is 0. The molecular weight excluding hydrogens is 152 g/mol. The Bertz CT molecular complexity index is 140. The lowest BCUT2D eigenvalue weighted by Gasteiger charge is -2.35. The van der Waals surface area contributed by atoms with Gasteiger partial charge in [0, 0.05) is 20.0 Å². The molecule has 72 valence electrons. The van der Waals surface area contributed by atoms with Gasteiger partial charge in [-0.3, -0.25) is 0 Å². The summed E-state index contributed by atoms with van der Waals surface area (Å²) in [5, 5.41) is 0. The van der Waals surface area contributed by atoms with E-state index >= 15 is 0 Å². The number of rotatable bonds is 2. The quantitative estimate of drug-likeness (QED) is 0.596. The van der Waals surface area contributed by atoms with Gasteiger partial charge in [-0.2, -0.15) is 0 Å². The molecule has 1 saturated carbocycles. The van der Waals surface area contributed by atoms with E-state index in [2.05, 4.69) is 20.8 Å². The number of ether oxygens (including phenoxy) is 2. The van der Waals surface area contributed by atoms with Crippen LogP contribution in [0.1, 0.15) is 46.5 Å². The van der Waals surface area contributed by atoms with Crippen LogP contribution in [0.25, 0.3) is 0 Å². The molecule has 0 heterocycles. The number of hydrogen-bond donors (Lipinski definition) is 0. The Labute approximate surface area is 75.2 Å². The minimum absolute atomic E-state index is 0.0969. The highest BCUT2D eigenvalue weighted by Crippen LogP contribution is 2.36. The van der Waals surface area contributed by atoms with E-state index in [0.29, 0.717) is 0 Å². The maximum Gasteiger partial charge on any atom is 0.168 e. The van der Waals surface area contributed by atoms with E-state index in [9.17, 15) is 0 Å². The third kappa shape index (κ3) is 2.46. The third-order valence-corrected chi connectivity index (χ3v) is 2.23. The van der Waals surface area contributed by atoms with Gasteiger partial charge in [-0.05, 0) is 33.6 Å². The predicted octanol–water partition coefficient (Wildman–Crippen LogP) is 2.72. The first-order chi connectivity index (χ1) is 5.47. The molecule has 12 heavy (non-hydrogen) atoms. The van der Waals surface area contributed by atoms with Gasteiger partial charge in [0.2, 0.25) is 0 Å². The molecule has 0 aromatic heterocycles. The van der Waals surface area contributed by atoms with E-state index < -0.39 is 0 Å². The van der Waals surface area contributed by atoms with Crippen LogP contribution in [0.3, 0.4) is 0 Å². The van der Waals surface area contributed by atoms with Gasteiger partial charge in [0.05, 0.1) is 5.60 Å². The summed E-state index contributed by atoms with van der Waals surface area (Å²) in [6.45, 7) is 6.23. The van der Waals surface area contributed by atoms with E-state index in [1.54, 1.807) is 7.11 Å². The summed E-state index contributed by atoms with van der Waals surface area (Å²) in [5.74, 6) is -0.280. The fourth-order valence-electron chi connectivity index (χ4n) is 1.82. The predicted molar refractivity (Wildman–Crippen MR) is 49.0 cm³/mol. The summed E-state index contributed by atoms with van der Waals surface area (Å²) in [7, 11) is 1.75. The van der Waals surface area contributed by atoms with Gasteiger partial charge in [-0.25, -0.2) is 0 Å². The van der Waals surface area contributed by atoms with E-state index in [1.165, 1.54) is 12.8 Å². The van der Waals surface area contributed by atoms with E-state index in [0.717, 1.165) is 12.8 Å². The Balaban J connectivity index is 2.55. The average molecular weight is 172 g/mol. The maximum absolute atomic E-state index is 5.91. The van der Waals surface area contributed by atoms with Crippen molar-refractivity contribution in [2.24, 2.45) is 0 Å². The van der Waals surface area contributed by atoms with Crippen LogP contribution in [0.5, 0.6) is 0 Å². The molecular formula is C10H20O2. The third-order valence-electron chi connectivity index (χ3n) is 2.23. The van der Waals surface area contributed by atoms with Gasteiger partial charge >= 0.3 is 0 Å². The minimum atomic E-state index is -0.280. The van der Waals surface area contributed by atoms with Crippen molar-refractivity contribution in [2.75, 3.05) is 7.11 Å². The van der Waals surface area contributed by atoms with Crippen LogP contribution < -0.4 is 0 Å². The first-order valence-electron chi connectivity index (χ1n) is 4.73. The molecule has 0 spiro atoms. The molecule has 0 atom stereocenters. The van der Waals surface area contributed by atoms with Crippen LogP contribution in [0, 0.1) is 0 Å². The molecule has 1 fully saturated rings. The van der Waals surface area contributed by atoms with Crippen molar-refractivity contribution in [3.63, 3.8) is 0 Å². The van der Waals surface area contributed by atoms with Crippen molar-refractivity contribution < 1.29 is 9.47 Å². The van der Waals surface area contributed by atoms with Crippen LogP contribution >= 0.6 is 0 Å². The summed E-state index contributed by atoms with van der Waals surface area (Å²) in [6, 6.07) is 0. The Morgan fingerprint density at radius 3 is 1.92 bits per heavy atom. The molecule has 2 nitrogen and oxygen atoms in total. The summed E-state index contributed by atoms with van der Waals surface area (Å²) < 4.78 is 11.4. The van der Waals surface area contributed by atoms with E-state index in [1.807, 2.05) is 0 Å². The van der Waals surface area contributed by atoms with Crippen molar-refractivity contribution in [3.05, 3.63) is 0 Å². The van der Waals surface area contributed by atoms with E-state index in [4.69, 9.17) is 9.47 Å². The van der Waals surface area contributed by atoms with Gasteiger partial charge in [0.25, 0.3) is 0 Å². The first kappa shape index (κ1) is 10.0. The molecule has 1 aliphatic rings. The molecule has 0 unspecified atom stereocenters. The first-order valence-corrected chi connectivity index (χ1v) is 4.73. The van der Waals surface area contributed by atoms with Gasteiger partial charge in [0.15, 0.2) is 5.79 Å². The summed E-state index contributed by atoms with van der Waals surface area (Å²) in [4.78, 5) is 0. The Kier molecular flexibility index (Phi) is 2.79. The molecule has 0 bridgehead atoms. The zero-order valence-electron chi connectivity index (χ0n) is 8.64. The standard InChI is InChI=1S/C10H20O2/c1-9(2,3)12-10(11-4)7-5-6-8-10/h5-8H2,1-4H3. The monoisotopic (exact) mass is 172 g/mol. The van der Waals surface area contributed by atoms with Gasteiger partial charge < -0.3 is 9.47 Å². The second kappa shape index (κ2) is 3.35. The molecule has 0 aliphatic heterocycles. The molecule has 1 rings (SSSR count). The lowest BCUT2D eigenvalue weighted by Crippen LogP contribution is -2.39. The van der Waals surface area contributed by atoms with Crippen molar-refractivity contribution in [1.82, 2.24) is 0 Å². The molecule has 0 aromatic carbocycles. The second-order valence-electron chi connectivity index (χ2n) is 4.54. The summed E-state index contributed by atoms with van der Waals surface area (Å²) in [5.41, 5.74) is -0.0969. The van der Waals surface area contributed by atoms with Crippen molar-refractivity contribution in [1.29, 1.82) is 0 Å². The van der Waals surface area contributed by atoms with Crippen LogP contribution in [-0.2, 0) is 9.47 Å². The number of methoxy groups -OCH3 is 1. The van der Waals surface area contributed by atoms with Crippen LogP contribution in [0.15, 0.2) is 0 Å². The van der Waals surface area contributed by atoms with Crippen molar-refractivity contribution in [3.8, 4) is 0 Å². The molecule has 0 saturated heterocycles. The zero-order chi connectivity index (χ0) is 9.24. The maximum atomic E-state index is 5.91. The van der Waals surface area contributed by atoms with Crippen molar-refractivity contribution in [2.45, 2.75) is 57.8 Å². The Morgan fingerprint density at radius 2 is 1.58 bits per heavy atom. The minimum Gasteiger partial charge on any atom is -0.353 e.